The highest BCUT2D eigenvalue weighted by Gasteiger charge is 2.07. The van der Waals surface area contributed by atoms with Crippen molar-refractivity contribution in [3.8, 4) is 5.75 Å². The van der Waals surface area contributed by atoms with Gasteiger partial charge in [0.1, 0.15) is 5.75 Å². The molecule has 0 saturated heterocycles. The molecule has 1 heteroatoms. The third kappa shape index (κ3) is 10.6. The molecule has 25 heavy (non-hydrogen) atoms. The predicted octanol–water partition coefficient (Wildman–Crippen LogP) is 7.98. The van der Waals surface area contributed by atoms with Crippen LogP contribution in [0.5, 0.6) is 5.75 Å². The summed E-state index contributed by atoms with van der Waals surface area (Å²) in [6.45, 7) is 4.54. The SMILES string of the molecule is CCCCCCCCCc1cccc(O)c1CCCCCCCCC. The van der Waals surface area contributed by atoms with Gasteiger partial charge >= 0.3 is 0 Å². The average molecular weight is 347 g/mol. The summed E-state index contributed by atoms with van der Waals surface area (Å²) in [4.78, 5) is 0. The smallest absolute Gasteiger partial charge is 0.119 e. The van der Waals surface area contributed by atoms with Crippen LogP contribution in [0.25, 0.3) is 0 Å². The predicted molar refractivity (Wildman–Crippen MR) is 112 cm³/mol. The number of aromatic hydroxyl groups is 1. The van der Waals surface area contributed by atoms with Crippen molar-refractivity contribution in [3.05, 3.63) is 29.3 Å². The summed E-state index contributed by atoms with van der Waals surface area (Å²) in [5, 5.41) is 10.3. The van der Waals surface area contributed by atoms with E-state index in [1.165, 1.54) is 101 Å². The summed E-state index contributed by atoms with van der Waals surface area (Å²) in [5.74, 6) is 0.520. The van der Waals surface area contributed by atoms with Crippen LogP contribution in [0, 0.1) is 0 Å². The molecule has 0 saturated carbocycles. The zero-order chi connectivity index (χ0) is 18.2. The van der Waals surface area contributed by atoms with Gasteiger partial charge in [0, 0.05) is 0 Å². The number of aryl methyl sites for hydroxylation is 1. The first-order chi connectivity index (χ1) is 12.3. The van der Waals surface area contributed by atoms with Gasteiger partial charge < -0.3 is 5.11 Å². The van der Waals surface area contributed by atoms with E-state index in [9.17, 15) is 5.11 Å². The Morgan fingerprint density at radius 3 is 1.64 bits per heavy atom. The molecule has 0 bridgehead atoms. The van der Waals surface area contributed by atoms with Gasteiger partial charge in [0.15, 0.2) is 0 Å². The lowest BCUT2D eigenvalue weighted by molar-refractivity contribution is 0.464. The molecule has 0 amide bonds. The maximum Gasteiger partial charge on any atom is 0.119 e. The van der Waals surface area contributed by atoms with Gasteiger partial charge in [-0.25, -0.2) is 0 Å². The fourth-order valence-corrected chi connectivity index (χ4v) is 3.68. The van der Waals surface area contributed by atoms with Crippen LogP contribution < -0.4 is 0 Å². The van der Waals surface area contributed by atoms with Crippen molar-refractivity contribution in [1.82, 2.24) is 0 Å². The monoisotopic (exact) mass is 346 g/mol. The van der Waals surface area contributed by atoms with E-state index in [2.05, 4.69) is 19.9 Å². The molecule has 0 unspecified atom stereocenters. The van der Waals surface area contributed by atoms with Gasteiger partial charge in [-0.05, 0) is 42.9 Å². The Bertz CT molecular complexity index is 424. The number of unbranched alkanes of at least 4 members (excludes halogenated alkanes) is 12. The zero-order valence-electron chi connectivity index (χ0n) is 17.0. The first-order valence-electron chi connectivity index (χ1n) is 11.1. The van der Waals surface area contributed by atoms with Crippen LogP contribution in [0.15, 0.2) is 18.2 Å². The maximum atomic E-state index is 10.3. The molecule has 1 aromatic rings. The number of benzene rings is 1. The highest BCUT2D eigenvalue weighted by atomic mass is 16.3. The molecule has 0 fully saturated rings. The maximum absolute atomic E-state index is 10.3. The van der Waals surface area contributed by atoms with E-state index in [0.717, 1.165) is 12.8 Å². The lowest BCUT2D eigenvalue weighted by Crippen LogP contribution is -1.96. The van der Waals surface area contributed by atoms with Gasteiger partial charge in [-0.1, -0.05) is 103 Å². The first kappa shape index (κ1) is 22.1. The molecule has 1 N–H and O–H groups in total. The van der Waals surface area contributed by atoms with Crippen molar-refractivity contribution < 1.29 is 5.11 Å². The number of phenolic OH excluding ortho intramolecular Hbond substituents is 1. The van der Waals surface area contributed by atoms with E-state index in [0.29, 0.717) is 5.75 Å². The topological polar surface area (TPSA) is 20.2 Å². The minimum Gasteiger partial charge on any atom is -0.508 e. The second-order valence-electron chi connectivity index (χ2n) is 7.66. The summed E-state index contributed by atoms with van der Waals surface area (Å²) in [6, 6.07) is 6.11. The van der Waals surface area contributed by atoms with E-state index in [1.54, 1.807) is 0 Å². The van der Waals surface area contributed by atoms with Crippen LogP contribution >= 0.6 is 0 Å². The zero-order valence-corrected chi connectivity index (χ0v) is 17.0. The molecule has 0 radical (unpaired) electrons. The Labute approximate surface area is 157 Å². The van der Waals surface area contributed by atoms with Gasteiger partial charge in [-0.3, -0.25) is 0 Å². The number of phenols is 1. The highest BCUT2D eigenvalue weighted by molar-refractivity contribution is 5.39. The molecule has 0 heterocycles. The first-order valence-corrected chi connectivity index (χ1v) is 11.1. The molecule has 0 aliphatic heterocycles. The molecule has 1 nitrogen and oxygen atoms in total. The minimum absolute atomic E-state index is 0.520. The Hall–Kier alpha value is -0.980. The molecule has 0 spiro atoms. The van der Waals surface area contributed by atoms with Gasteiger partial charge in [-0.2, -0.15) is 0 Å². The molecular formula is C24H42O. The molecule has 0 aliphatic carbocycles. The lowest BCUT2D eigenvalue weighted by atomic mass is 9.95. The summed E-state index contributed by atoms with van der Waals surface area (Å²) in [5.41, 5.74) is 2.61. The fourth-order valence-electron chi connectivity index (χ4n) is 3.68. The molecular weight excluding hydrogens is 304 g/mol. The molecule has 0 atom stereocenters. The summed E-state index contributed by atoms with van der Waals surface area (Å²) < 4.78 is 0. The van der Waals surface area contributed by atoms with Crippen LogP contribution in [0.4, 0.5) is 0 Å². The van der Waals surface area contributed by atoms with E-state index in [-0.39, 0.29) is 0 Å². The summed E-state index contributed by atoms with van der Waals surface area (Å²) >= 11 is 0. The molecule has 1 rings (SSSR count). The van der Waals surface area contributed by atoms with Crippen LogP contribution in [0.3, 0.4) is 0 Å². The van der Waals surface area contributed by atoms with Gasteiger partial charge in [-0.15, -0.1) is 0 Å². The third-order valence-electron chi connectivity index (χ3n) is 5.33. The van der Waals surface area contributed by atoms with Crippen LogP contribution in [0.2, 0.25) is 0 Å². The van der Waals surface area contributed by atoms with Gasteiger partial charge in [0.25, 0.3) is 0 Å². The summed E-state index contributed by atoms with van der Waals surface area (Å²) in [7, 11) is 0. The van der Waals surface area contributed by atoms with Crippen molar-refractivity contribution in [2.75, 3.05) is 0 Å². The molecule has 144 valence electrons. The van der Waals surface area contributed by atoms with Crippen molar-refractivity contribution in [1.29, 1.82) is 0 Å². The van der Waals surface area contributed by atoms with Crippen molar-refractivity contribution in [2.24, 2.45) is 0 Å². The third-order valence-corrected chi connectivity index (χ3v) is 5.33. The second kappa shape index (κ2) is 15.3. The molecule has 0 aromatic heterocycles. The van der Waals surface area contributed by atoms with Crippen molar-refractivity contribution in [3.63, 3.8) is 0 Å². The lowest BCUT2D eigenvalue weighted by Gasteiger charge is -2.12. The average Bonchev–Trinajstić information content (AvgIpc) is 2.62. The Morgan fingerprint density at radius 1 is 0.600 bits per heavy atom. The molecule has 0 aliphatic rings. The van der Waals surface area contributed by atoms with E-state index >= 15 is 0 Å². The van der Waals surface area contributed by atoms with Crippen LogP contribution in [-0.4, -0.2) is 5.11 Å². The van der Waals surface area contributed by atoms with Gasteiger partial charge in [0.05, 0.1) is 0 Å². The number of rotatable bonds is 16. The quantitative estimate of drug-likeness (QED) is 0.301. The second-order valence-corrected chi connectivity index (χ2v) is 7.66. The van der Waals surface area contributed by atoms with E-state index in [1.807, 2.05) is 12.1 Å². The fraction of sp³-hybridized carbons (Fsp3) is 0.750. The van der Waals surface area contributed by atoms with E-state index in [4.69, 9.17) is 0 Å². The highest BCUT2D eigenvalue weighted by Crippen LogP contribution is 2.25. The van der Waals surface area contributed by atoms with Crippen molar-refractivity contribution >= 4 is 0 Å². The summed E-state index contributed by atoms with van der Waals surface area (Å²) in [6.07, 6.45) is 21.0. The number of hydrogen-bond acceptors (Lipinski definition) is 1. The largest absolute Gasteiger partial charge is 0.508 e. The van der Waals surface area contributed by atoms with Crippen molar-refractivity contribution in [2.45, 2.75) is 117 Å². The van der Waals surface area contributed by atoms with Gasteiger partial charge in [0.2, 0.25) is 0 Å². The molecule has 1 aromatic carbocycles. The normalized spacial score (nSPS) is 11.1. The standard InChI is InChI=1S/C24H42O/c1-3-5-7-9-11-13-15-18-22-19-17-21-24(25)23(22)20-16-14-12-10-8-6-4-2/h17,19,21,25H,3-16,18,20H2,1-2H3. The van der Waals surface area contributed by atoms with Crippen LogP contribution in [0.1, 0.15) is 115 Å². The number of hydrogen-bond donors (Lipinski definition) is 1. The van der Waals surface area contributed by atoms with Crippen LogP contribution in [-0.2, 0) is 12.8 Å². The van der Waals surface area contributed by atoms with E-state index < -0.39 is 0 Å². The Balaban J connectivity index is 2.26. The Kier molecular flexibility index (Phi) is 13.5. The Morgan fingerprint density at radius 2 is 1.08 bits per heavy atom. The minimum atomic E-state index is 0.520.